The fourth-order valence-electron chi connectivity index (χ4n) is 3.09. The van der Waals surface area contributed by atoms with Gasteiger partial charge in [0.1, 0.15) is 16.3 Å². The van der Waals surface area contributed by atoms with Gasteiger partial charge in [0.05, 0.1) is 13.7 Å². The number of anilines is 1. The van der Waals surface area contributed by atoms with Gasteiger partial charge in [-0.25, -0.2) is 4.79 Å². The van der Waals surface area contributed by atoms with E-state index < -0.39 is 5.97 Å². The summed E-state index contributed by atoms with van der Waals surface area (Å²) < 4.78 is 10.4. The third-order valence-electron chi connectivity index (χ3n) is 4.44. The maximum absolute atomic E-state index is 12.5. The second-order valence-electron chi connectivity index (χ2n) is 6.56. The number of thiophene rings is 1. The van der Waals surface area contributed by atoms with Gasteiger partial charge in [-0.05, 0) is 55.3 Å². The molecular weight excluding hydrogens is 434 g/mol. The Hall–Kier alpha value is -3.09. The van der Waals surface area contributed by atoms with Crippen molar-refractivity contribution >= 4 is 45.9 Å². The molecule has 1 heterocycles. The molecule has 0 fully saturated rings. The molecule has 0 aliphatic carbocycles. The van der Waals surface area contributed by atoms with Crippen LogP contribution in [0.2, 0.25) is 5.02 Å². The van der Waals surface area contributed by atoms with Crippen molar-refractivity contribution in [2.45, 2.75) is 13.8 Å². The largest absolute Gasteiger partial charge is 0.494 e. The van der Waals surface area contributed by atoms with Gasteiger partial charge >= 0.3 is 5.97 Å². The Balaban J connectivity index is 1.86. The Morgan fingerprint density at radius 1 is 1.16 bits per heavy atom. The molecule has 2 aromatic carbocycles. The van der Waals surface area contributed by atoms with Crippen LogP contribution in [-0.4, -0.2) is 25.6 Å². The molecule has 160 valence electrons. The molecule has 0 atom stereocenters. The third kappa shape index (κ3) is 5.54. The molecule has 0 bridgehead atoms. The van der Waals surface area contributed by atoms with E-state index in [1.165, 1.54) is 24.5 Å². The first kappa shape index (κ1) is 22.6. The van der Waals surface area contributed by atoms with Gasteiger partial charge in [-0.3, -0.25) is 4.79 Å². The lowest BCUT2D eigenvalue weighted by Gasteiger charge is -2.07. The number of carbonyl (C=O) groups is 2. The monoisotopic (exact) mass is 455 g/mol. The summed E-state index contributed by atoms with van der Waals surface area (Å²) in [5.41, 5.74) is 2.65. The smallest absolute Gasteiger partial charge is 0.341 e. The molecule has 7 heteroatoms. The van der Waals surface area contributed by atoms with Crippen molar-refractivity contribution in [3.63, 3.8) is 0 Å². The molecule has 1 amide bonds. The first-order chi connectivity index (χ1) is 14.9. The number of esters is 1. The number of amides is 1. The van der Waals surface area contributed by atoms with E-state index in [-0.39, 0.29) is 5.91 Å². The van der Waals surface area contributed by atoms with E-state index in [4.69, 9.17) is 21.1 Å². The number of hydrogen-bond donors (Lipinski definition) is 1. The number of carbonyl (C=O) groups excluding carboxylic acids is 2. The Morgan fingerprint density at radius 2 is 1.90 bits per heavy atom. The molecule has 0 radical (unpaired) electrons. The fourth-order valence-corrected chi connectivity index (χ4v) is 4.35. The van der Waals surface area contributed by atoms with E-state index >= 15 is 0 Å². The lowest BCUT2D eigenvalue weighted by molar-refractivity contribution is -0.111. The lowest BCUT2D eigenvalue weighted by Crippen LogP contribution is -2.11. The zero-order valence-electron chi connectivity index (χ0n) is 17.4. The van der Waals surface area contributed by atoms with E-state index in [9.17, 15) is 9.59 Å². The van der Waals surface area contributed by atoms with Gasteiger partial charge in [-0.15, -0.1) is 11.3 Å². The topological polar surface area (TPSA) is 64.6 Å². The van der Waals surface area contributed by atoms with Crippen molar-refractivity contribution in [2.24, 2.45) is 0 Å². The van der Waals surface area contributed by atoms with Gasteiger partial charge in [0, 0.05) is 21.5 Å². The highest BCUT2D eigenvalue weighted by atomic mass is 35.5. The summed E-state index contributed by atoms with van der Waals surface area (Å²) in [6.07, 6.45) is 3.12. The van der Waals surface area contributed by atoms with Crippen LogP contribution in [0.3, 0.4) is 0 Å². The summed E-state index contributed by atoms with van der Waals surface area (Å²) in [5.74, 6) is -0.0996. The molecule has 31 heavy (non-hydrogen) atoms. The van der Waals surface area contributed by atoms with Crippen LogP contribution in [0.15, 0.2) is 54.6 Å². The van der Waals surface area contributed by atoms with Crippen molar-refractivity contribution in [2.75, 3.05) is 19.0 Å². The fraction of sp³-hybridized carbons (Fsp3) is 0.167. The van der Waals surface area contributed by atoms with Crippen LogP contribution < -0.4 is 10.1 Å². The van der Waals surface area contributed by atoms with E-state index in [0.29, 0.717) is 27.8 Å². The minimum atomic E-state index is -0.523. The third-order valence-corrected chi connectivity index (χ3v) is 5.70. The summed E-state index contributed by atoms with van der Waals surface area (Å²) in [6.45, 7) is 4.40. The van der Waals surface area contributed by atoms with Gasteiger partial charge in [0.15, 0.2) is 0 Å². The van der Waals surface area contributed by atoms with Gasteiger partial charge in [-0.2, -0.15) is 0 Å². The average molecular weight is 456 g/mol. The predicted molar refractivity (Wildman–Crippen MR) is 126 cm³/mol. The van der Waals surface area contributed by atoms with Crippen molar-refractivity contribution in [3.05, 3.63) is 75.6 Å². The number of benzene rings is 2. The summed E-state index contributed by atoms with van der Waals surface area (Å²) in [7, 11) is 1.31. The molecule has 0 spiro atoms. The van der Waals surface area contributed by atoms with Gasteiger partial charge in [0.2, 0.25) is 5.91 Å². The first-order valence-corrected chi connectivity index (χ1v) is 10.8. The van der Waals surface area contributed by atoms with Crippen molar-refractivity contribution in [1.82, 2.24) is 0 Å². The number of ether oxygens (including phenoxy) is 2. The second-order valence-corrected chi connectivity index (χ2v) is 8.23. The standard InChI is InChI=1S/C24H22ClNO4S/c1-4-30-19-11-8-16(9-12-19)10-13-20(27)26-23-22(24(28)29-3)21(15(2)31-23)17-6-5-7-18(25)14-17/h5-14H,4H2,1-3H3,(H,26,27)/b13-10+. The summed E-state index contributed by atoms with van der Waals surface area (Å²) in [5, 5.41) is 3.80. The molecule has 1 aromatic heterocycles. The molecule has 0 aliphatic rings. The van der Waals surface area contributed by atoms with Crippen LogP contribution in [-0.2, 0) is 9.53 Å². The Labute approximate surface area is 190 Å². The highest BCUT2D eigenvalue weighted by Crippen LogP contribution is 2.41. The highest BCUT2D eigenvalue weighted by Gasteiger charge is 2.24. The van der Waals surface area contributed by atoms with E-state index in [0.717, 1.165) is 21.8 Å². The van der Waals surface area contributed by atoms with E-state index in [1.54, 1.807) is 18.2 Å². The average Bonchev–Trinajstić information content (AvgIpc) is 3.08. The molecule has 3 rings (SSSR count). The Kier molecular flexibility index (Phi) is 7.50. The molecule has 0 saturated heterocycles. The molecule has 5 nitrogen and oxygen atoms in total. The number of rotatable bonds is 7. The molecule has 0 saturated carbocycles. The molecule has 1 N–H and O–H groups in total. The SMILES string of the molecule is CCOc1ccc(/C=C/C(=O)Nc2sc(C)c(-c3cccc(Cl)c3)c2C(=O)OC)cc1. The van der Waals surface area contributed by atoms with Crippen molar-refractivity contribution < 1.29 is 19.1 Å². The van der Waals surface area contributed by atoms with Crippen molar-refractivity contribution in [3.8, 4) is 16.9 Å². The van der Waals surface area contributed by atoms with Gasteiger partial charge in [0.25, 0.3) is 0 Å². The van der Waals surface area contributed by atoms with Gasteiger partial charge < -0.3 is 14.8 Å². The lowest BCUT2D eigenvalue weighted by atomic mass is 10.0. The molecule has 3 aromatic rings. The minimum absolute atomic E-state index is 0.315. The summed E-state index contributed by atoms with van der Waals surface area (Å²) in [4.78, 5) is 26.0. The van der Waals surface area contributed by atoms with Crippen LogP contribution in [0.5, 0.6) is 5.75 Å². The van der Waals surface area contributed by atoms with Crippen molar-refractivity contribution in [1.29, 1.82) is 0 Å². The number of hydrogen-bond acceptors (Lipinski definition) is 5. The van der Waals surface area contributed by atoms with Gasteiger partial charge in [-0.1, -0.05) is 35.9 Å². The zero-order chi connectivity index (χ0) is 22.4. The summed E-state index contributed by atoms with van der Waals surface area (Å²) >= 11 is 7.45. The normalized spacial score (nSPS) is 10.8. The van der Waals surface area contributed by atoms with Crippen LogP contribution >= 0.6 is 22.9 Å². The quantitative estimate of drug-likeness (QED) is 0.339. The summed E-state index contributed by atoms with van der Waals surface area (Å²) in [6, 6.07) is 14.6. The molecule has 0 aliphatic heterocycles. The highest BCUT2D eigenvalue weighted by molar-refractivity contribution is 7.17. The maximum Gasteiger partial charge on any atom is 0.341 e. The predicted octanol–water partition coefficient (Wildman–Crippen LogP) is 6.21. The van der Waals surface area contributed by atoms with E-state index in [2.05, 4.69) is 5.32 Å². The number of aryl methyl sites for hydroxylation is 1. The number of halogens is 1. The zero-order valence-corrected chi connectivity index (χ0v) is 19.0. The van der Waals surface area contributed by atoms with Crippen LogP contribution in [0.1, 0.15) is 27.7 Å². The number of methoxy groups -OCH3 is 1. The van der Waals surface area contributed by atoms with Crippen LogP contribution in [0, 0.1) is 6.92 Å². The Bertz CT molecular complexity index is 1120. The van der Waals surface area contributed by atoms with Crippen LogP contribution in [0.4, 0.5) is 5.00 Å². The molecule has 0 unspecified atom stereocenters. The Morgan fingerprint density at radius 3 is 2.55 bits per heavy atom. The van der Waals surface area contributed by atoms with Crippen LogP contribution in [0.25, 0.3) is 17.2 Å². The minimum Gasteiger partial charge on any atom is -0.494 e. The maximum atomic E-state index is 12.5. The second kappa shape index (κ2) is 10.3. The molecular formula is C24H22ClNO4S. The number of nitrogens with one attached hydrogen (secondary N) is 1. The van der Waals surface area contributed by atoms with E-state index in [1.807, 2.05) is 50.2 Å². The first-order valence-electron chi connectivity index (χ1n) is 9.62.